The largest absolute Gasteiger partial charge is 0.337 e. The first kappa shape index (κ1) is 19.8. The third kappa shape index (κ3) is 3.30. The fourth-order valence-electron chi connectivity index (χ4n) is 7.65. The lowest BCUT2D eigenvalue weighted by atomic mass is 9.49. The molecule has 3 heterocycles. The van der Waals surface area contributed by atoms with Gasteiger partial charge in [-0.2, -0.15) is 5.10 Å². The van der Waals surface area contributed by atoms with Gasteiger partial charge >= 0.3 is 0 Å². The highest BCUT2D eigenvalue weighted by atomic mass is 16.2. The molecule has 0 radical (unpaired) electrons. The molecule has 166 valence electrons. The first-order valence-electron chi connectivity index (χ1n) is 12.7. The number of nitrogens with zero attached hydrogens (tertiary/aromatic N) is 4. The summed E-state index contributed by atoms with van der Waals surface area (Å²) in [7, 11) is 0. The van der Waals surface area contributed by atoms with Crippen molar-refractivity contribution in [3.8, 4) is 0 Å². The summed E-state index contributed by atoms with van der Waals surface area (Å²) in [6.07, 6.45) is 12.9. The van der Waals surface area contributed by atoms with E-state index < -0.39 is 0 Å². The first-order valence-corrected chi connectivity index (χ1v) is 12.7. The maximum Gasteiger partial charge on any atom is 0.274 e. The van der Waals surface area contributed by atoms with Gasteiger partial charge in [0.15, 0.2) is 11.3 Å². The minimum atomic E-state index is 0.0819. The zero-order valence-electron chi connectivity index (χ0n) is 19.1. The summed E-state index contributed by atoms with van der Waals surface area (Å²) in [5.41, 5.74) is 4.19. The van der Waals surface area contributed by atoms with Crippen molar-refractivity contribution >= 4 is 11.6 Å². The molecule has 0 aromatic carbocycles. The molecule has 5 fully saturated rings. The van der Waals surface area contributed by atoms with E-state index in [1.54, 1.807) is 0 Å². The van der Waals surface area contributed by atoms with E-state index in [9.17, 15) is 4.79 Å². The van der Waals surface area contributed by atoms with Crippen LogP contribution in [0.3, 0.4) is 0 Å². The molecule has 7 rings (SSSR count). The molecule has 2 aromatic rings. The van der Waals surface area contributed by atoms with E-state index in [0.29, 0.717) is 11.6 Å². The molecule has 5 aliphatic rings. The van der Waals surface area contributed by atoms with Crippen LogP contribution in [0.2, 0.25) is 0 Å². The van der Waals surface area contributed by atoms with Crippen molar-refractivity contribution in [1.29, 1.82) is 0 Å². The predicted octanol–water partition coefficient (Wildman–Crippen LogP) is 5.34. The highest BCUT2D eigenvalue weighted by Gasteiger charge is 2.52. The molecule has 4 bridgehead atoms. The Balaban J connectivity index is 1.40. The van der Waals surface area contributed by atoms with Crippen LogP contribution in [0.25, 0.3) is 5.65 Å². The second-order valence-electron chi connectivity index (χ2n) is 11.4. The Morgan fingerprint density at radius 3 is 2.16 bits per heavy atom. The number of carbonyl (C=O) groups excluding carboxylic acids is 1. The number of fused-ring (bicyclic) bond motifs is 1. The average molecular weight is 421 g/mol. The molecular weight excluding hydrogens is 384 g/mol. The van der Waals surface area contributed by atoms with Crippen molar-refractivity contribution in [2.45, 2.75) is 89.4 Å². The second-order valence-corrected chi connectivity index (χ2v) is 11.4. The maximum absolute atomic E-state index is 13.2. The number of carbonyl (C=O) groups is 1. The third-order valence-corrected chi connectivity index (χ3v) is 8.74. The lowest BCUT2D eigenvalue weighted by molar-refractivity contribution is -0.00719. The summed E-state index contributed by atoms with van der Waals surface area (Å²) >= 11 is 0. The first-order chi connectivity index (χ1) is 15.0. The van der Waals surface area contributed by atoms with Gasteiger partial charge < -0.3 is 4.90 Å². The quantitative estimate of drug-likeness (QED) is 0.674. The third-order valence-electron chi connectivity index (χ3n) is 8.74. The van der Waals surface area contributed by atoms with Crippen molar-refractivity contribution in [3.63, 3.8) is 0 Å². The molecule has 1 amide bonds. The molecule has 1 aliphatic heterocycles. The highest BCUT2D eigenvalue weighted by molar-refractivity contribution is 5.93. The molecular formula is C26H36N4O. The Morgan fingerprint density at radius 2 is 1.58 bits per heavy atom. The van der Waals surface area contributed by atoms with Crippen molar-refractivity contribution in [2.24, 2.45) is 17.8 Å². The van der Waals surface area contributed by atoms with Crippen LogP contribution >= 0.6 is 0 Å². The summed E-state index contributed by atoms with van der Waals surface area (Å²) in [6.45, 7) is 6.18. The molecule has 31 heavy (non-hydrogen) atoms. The van der Waals surface area contributed by atoms with Gasteiger partial charge in [-0.1, -0.05) is 26.7 Å². The van der Waals surface area contributed by atoms with Gasteiger partial charge in [0, 0.05) is 30.3 Å². The van der Waals surface area contributed by atoms with E-state index in [4.69, 9.17) is 10.1 Å². The number of amides is 1. The number of hydrogen-bond donors (Lipinski definition) is 0. The van der Waals surface area contributed by atoms with Gasteiger partial charge in [0.2, 0.25) is 0 Å². The van der Waals surface area contributed by atoms with Crippen LogP contribution in [0.15, 0.2) is 12.1 Å². The van der Waals surface area contributed by atoms with E-state index in [-0.39, 0.29) is 11.3 Å². The van der Waals surface area contributed by atoms with Gasteiger partial charge in [0.1, 0.15) is 0 Å². The zero-order valence-corrected chi connectivity index (χ0v) is 19.1. The van der Waals surface area contributed by atoms with E-state index in [1.165, 1.54) is 62.8 Å². The second kappa shape index (κ2) is 7.31. The Labute approximate surface area is 185 Å². The molecule has 0 spiro atoms. The van der Waals surface area contributed by atoms with Crippen LogP contribution in [0.5, 0.6) is 0 Å². The minimum absolute atomic E-state index is 0.0819. The van der Waals surface area contributed by atoms with E-state index >= 15 is 0 Å². The predicted molar refractivity (Wildman–Crippen MR) is 121 cm³/mol. The molecule has 0 unspecified atom stereocenters. The van der Waals surface area contributed by atoms with Crippen molar-refractivity contribution < 1.29 is 4.79 Å². The van der Waals surface area contributed by atoms with Gasteiger partial charge in [-0.15, -0.1) is 0 Å². The number of aromatic nitrogens is 3. The minimum Gasteiger partial charge on any atom is -0.337 e. The summed E-state index contributed by atoms with van der Waals surface area (Å²) in [5, 5.41) is 4.79. The van der Waals surface area contributed by atoms with Gasteiger partial charge in [0.25, 0.3) is 5.91 Å². The van der Waals surface area contributed by atoms with E-state index in [1.807, 2.05) is 15.5 Å². The molecule has 1 saturated heterocycles. The van der Waals surface area contributed by atoms with Gasteiger partial charge in [-0.05, 0) is 81.1 Å². The highest BCUT2D eigenvalue weighted by Crippen LogP contribution is 2.60. The summed E-state index contributed by atoms with van der Waals surface area (Å²) in [5.74, 6) is 3.13. The number of hydrogen-bond acceptors (Lipinski definition) is 3. The number of rotatable bonds is 3. The normalized spacial score (nSPS) is 32.7. The molecule has 5 nitrogen and oxygen atoms in total. The zero-order chi connectivity index (χ0) is 21.2. The lowest BCUT2D eigenvalue weighted by Gasteiger charge is -2.56. The number of likely N-dealkylation sites (tertiary alicyclic amines) is 1. The Hall–Kier alpha value is -1.91. The molecule has 0 atom stereocenters. The fraction of sp³-hybridized carbons (Fsp3) is 0.731. The van der Waals surface area contributed by atoms with Crippen LogP contribution in [0.1, 0.15) is 106 Å². The standard InChI is InChI=1S/C26H36N4O/c1-17(2)22-13-23(26-14-18-9-19(15-26)11-20(10-18)16-26)27-24-12-21(28-30(22)24)25(31)29-7-5-3-4-6-8-29/h12-13,17-20H,3-11,14-16H2,1-2H3. The van der Waals surface area contributed by atoms with Crippen molar-refractivity contribution in [2.75, 3.05) is 13.1 Å². The van der Waals surface area contributed by atoms with Gasteiger partial charge in [-0.3, -0.25) is 4.79 Å². The van der Waals surface area contributed by atoms with Crippen LogP contribution in [0.4, 0.5) is 0 Å². The topological polar surface area (TPSA) is 50.5 Å². The molecule has 0 N–H and O–H groups in total. The monoisotopic (exact) mass is 420 g/mol. The Morgan fingerprint density at radius 1 is 0.968 bits per heavy atom. The Bertz CT molecular complexity index is 963. The van der Waals surface area contributed by atoms with Crippen LogP contribution in [0, 0.1) is 17.8 Å². The van der Waals surface area contributed by atoms with Gasteiger partial charge in [0.05, 0.1) is 5.69 Å². The summed E-state index contributed by atoms with van der Waals surface area (Å²) in [4.78, 5) is 20.4. The van der Waals surface area contributed by atoms with Crippen LogP contribution < -0.4 is 0 Å². The smallest absolute Gasteiger partial charge is 0.274 e. The van der Waals surface area contributed by atoms with Crippen molar-refractivity contribution in [1.82, 2.24) is 19.5 Å². The lowest BCUT2D eigenvalue weighted by Crippen LogP contribution is -2.49. The maximum atomic E-state index is 13.2. The van der Waals surface area contributed by atoms with E-state index in [0.717, 1.165) is 49.3 Å². The van der Waals surface area contributed by atoms with Crippen LogP contribution in [-0.2, 0) is 5.41 Å². The summed E-state index contributed by atoms with van der Waals surface area (Å²) < 4.78 is 1.96. The van der Waals surface area contributed by atoms with Crippen molar-refractivity contribution in [3.05, 3.63) is 29.2 Å². The molecule has 2 aromatic heterocycles. The summed E-state index contributed by atoms with van der Waals surface area (Å²) in [6, 6.07) is 4.31. The molecule has 4 saturated carbocycles. The van der Waals surface area contributed by atoms with E-state index in [2.05, 4.69) is 19.9 Å². The average Bonchev–Trinajstić information content (AvgIpc) is 2.97. The van der Waals surface area contributed by atoms with Gasteiger partial charge in [-0.25, -0.2) is 9.50 Å². The SMILES string of the molecule is CC(C)c1cc(C23CC4CC(CC(C4)C2)C3)nc2cc(C(=O)N3CCCCCC3)nn12. The molecule has 5 heteroatoms. The molecule has 4 aliphatic carbocycles. The Kier molecular flexibility index (Phi) is 4.66. The fourth-order valence-corrected chi connectivity index (χ4v) is 7.65. The van der Waals surface area contributed by atoms with Crippen LogP contribution in [-0.4, -0.2) is 38.5 Å².